The smallest absolute Gasteiger partial charge is 0.405 e. The van der Waals surface area contributed by atoms with E-state index < -0.39 is 6.09 Å². The van der Waals surface area contributed by atoms with Crippen molar-refractivity contribution in [3.8, 4) is 11.1 Å². The molecule has 0 bridgehead atoms. The molecular weight excluding hydrogens is 487 g/mol. The van der Waals surface area contributed by atoms with Crippen molar-refractivity contribution in [1.82, 2.24) is 15.5 Å². The highest BCUT2D eigenvalue weighted by atomic mass is 35.5. The number of hydrogen-bond donors (Lipinski definition) is 3. The number of rotatable bonds is 7. The number of likely N-dealkylation sites (tertiary alicyclic amines) is 1. The van der Waals surface area contributed by atoms with Gasteiger partial charge in [0.15, 0.2) is 0 Å². The minimum Gasteiger partial charge on any atom is -0.465 e. The number of amides is 2. The van der Waals surface area contributed by atoms with Crippen molar-refractivity contribution in [1.29, 1.82) is 0 Å². The Morgan fingerprint density at radius 2 is 1.69 bits per heavy atom. The molecule has 35 heavy (non-hydrogen) atoms. The molecule has 2 aromatic rings. The summed E-state index contributed by atoms with van der Waals surface area (Å²) in [7, 11) is 0. The molecule has 2 heterocycles. The van der Waals surface area contributed by atoms with Gasteiger partial charge in [0.25, 0.3) is 0 Å². The van der Waals surface area contributed by atoms with Gasteiger partial charge in [0, 0.05) is 38.3 Å². The second-order valence-corrected chi connectivity index (χ2v) is 9.17. The Morgan fingerprint density at radius 1 is 1.03 bits per heavy atom. The van der Waals surface area contributed by atoms with Crippen LogP contribution in [0.15, 0.2) is 42.5 Å². The molecule has 9 heteroatoms. The summed E-state index contributed by atoms with van der Waals surface area (Å²) < 4.78 is 0. The van der Waals surface area contributed by atoms with E-state index in [4.69, 9.17) is 0 Å². The molecule has 7 nitrogen and oxygen atoms in total. The summed E-state index contributed by atoms with van der Waals surface area (Å²) in [5.74, 6) is -0.0353. The van der Waals surface area contributed by atoms with Crippen molar-refractivity contribution >= 4 is 42.5 Å². The van der Waals surface area contributed by atoms with Gasteiger partial charge >= 0.3 is 6.09 Å². The number of nitrogens with one attached hydrogen (secondary N) is 2. The summed E-state index contributed by atoms with van der Waals surface area (Å²) in [5.41, 5.74) is 4.94. The second kappa shape index (κ2) is 13.1. The van der Waals surface area contributed by atoms with Crippen molar-refractivity contribution in [3.05, 3.63) is 53.6 Å². The number of anilines is 1. The molecule has 0 unspecified atom stereocenters. The van der Waals surface area contributed by atoms with Crippen molar-refractivity contribution in [2.45, 2.75) is 51.7 Å². The van der Waals surface area contributed by atoms with E-state index in [-0.39, 0.29) is 42.8 Å². The Bertz CT molecular complexity index is 997. The van der Waals surface area contributed by atoms with Crippen LogP contribution in [0.2, 0.25) is 0 Å². The van der Waals surface area contributed by atoms with Crippen LogP contribution >= 0.6 is 24.8 Å². The summed E-state index contributed by atoms with van der Waals surface area (Å²) in [6.45, 7) is 8.90. The minimum absolute atomic E-state index is 0. The Morgan fingerprint density at radius 3 is 2.31 bits per heavy atom. The van der Waals surface area contributed by atoms with Gasteiger partial charge in [0.05, 0.1) is 6.04 Å². The molecular formula is C26H36Cl2N4O3. The summed E-state index contributed by atoms with van der Waals surface area (Å²) in [5, 5.41) is 15.5. The molecule has 2 aliphatic rings. The molecule has 3 N–H and O–H groups in total. The predicted octanol–water partition coefficient (Wildman–Crippen LogP) is 4.84. The second-order valence-electron chi connectivity index (χ2n) is 9.17. The van der Waals surface area contributed by atoms with E-state index in [0.29, 0.717) is 6.42 Å². The van der Waals surface area contributed by atoms with E-state index in [0.717, 1.165) is 42.0 Å². The van der Waals surface area contributed by atoms with Gasteiger partial charge in [-0.15, -0.1) is 24.8 Å². The van der Waals surface area contributed by atoms with Crippen molar-refractivity contribution in [2.75, 3.05) is 31.1 Å². The summed E-state index contributed by atoms with van der Waals surface area (Å²) in [4.78, 5) is 27.9. The third kappa shape index (κ3) is 7.10. The molecule has 0 saturated carbocycles. The SMILES string of the molecule is CC(=O)N1c2ccc(-c3ccc(CNCCN4CCCC4)cc3)cc2[C@H](NC(=O)O)C[C@@H]1C.Cl.Cl. The number of nitrogens with zero attached hydrogens (tertiary/aromatic N) is 2. The normalized spacial score (nSPS) is 19.3. The minimum atomic E-state index is -1.05. The first-order valence-corrected chi connectivity index (χ1v) is 11.9. The fraction of sp³-hybridized carbons (Fsp3) is 0.462. The third-order valence-corrected chi connectivity index (χ3v) is 6.74. The molecule has 0 radical (unpaired) electrons. The summed E-state index contributed by atoms with van der Waals surface area (Å²) in [6, 6.07) is 14.0. The number of carboxylic acid groups (broad SMARTS) is 1. The average Bonchev–Trinajstić information content (AvgIpc) is 3.30. The first-order valence-electron chi connectivity index (χ1n) is 11.9. The fourth-order valence-electron chi connectivity index (χ4n) is 5.10. The monoisotopic (exact) mass is 522 g/mol. The van der Waals surface area contributed by atoms with Crippen LogP contribution in [-0.4, -0.2) is 54.2 Å². The van der Waals surface area contributed by atoms with Gasteiger partial charge in [0.2, 0.25) is 5.91 Å². The van der Waals surface area contributed by atoms with Gasteiger partial charge in [-0.3, -0.25) is 4.79 Å². The van der Waals surface area contributed by atoms with Crippen LogP contribution in [0.5, 0.6) is 0 Å². The molecule has 192 valence electrons. The van der Waals surface area contributed by atoms with Crippen LogP contribution in [0, 0.1) is 0 Å². The molecule has 2 aliphatic heterocycles. The number of carbonyl (C=O) groups is 2. The zero-order valence-corrected chi connectivity index (χ0v) is 22.0. The molecule has 4 rings (SSSR count). The number of benzene rings is 2. The van der Waals surface area contributed by atoms with Gasteiger partial charge in [-0.2, -0.15) is 0 Å². The Labute approximate surface area is 220 Å². The van der Waals surface area contributed by atoms with Crippen LogP contribution in [0.4, 0.5) is 10.5 Å². The maximum absolute atomic E-state index is 12.3. The largest absolute Gasteiger partial charge is 0.465 e. The van der Waals surface area contributed by atoms with Gasteiger partial charge < -0.3 is 25.5 Å². The van der Waals surface area contributed by atoms with Crippen LogP contribution < -0.4 is 15.5 Å². The highest BCUT2D eigenvalue weighted by Crippen LogP contribution is 2.39. The van der Waals surface area contributed by atoms with Gasteiger partial charge in [-0.05, 0) is 73.7 Å². The Balaban J connectivity index is 0.00000216. The maximum atomic E-state index is 12.3. The Hall–Kier alpha value is -2.32. The summed E-state index contributed by atoms with van der Waals surface area (Å²) in [6.07, 6.45) is 2.14. The average molecular weight is 524 g/mol. The molecule has 2 amide bonds. The first-order chi connectivity index (χ1) is 15.9. The lowest BCUT2D eigenvalue weighted by Gasteiger charge is -2.39. The number of halogens is 2. The fourth-order valence-corrected chi connectivity index (χ4v) is 5.10. The quantitative estimate of drug-likeness (QED) is 0.453. The van der Waals surface area contributed by atoms with Crippen LogP contribution in [-0.2, 0) is 11.3 Å². The molecule has 0 aliphatic carbocycles. The van der Waals surface area contributed by atoms with Gasteiger partial charge in [-0.25, -0.2) is 4.79 Å². The van der Waals surface area contributed by atoms with Crippen LogP contribution in [0.1, 0.15) is 50.3 Å². The van der Waals surface area contributed by atoms with E-state index >= 15 is 0 Å². The number of carbonyl (C=O) groups excluding carboxylic acids is 1. The predicted molar refractivity (Wildman–Crippen MR) is 145 cm³/mol. The van der Waals surface area contributed by atoms with E-state index in [2.05, 4.69) is 39.8 Å². The van der Waals surface area contributed by atoms with E-state index in [9.17, 15) is 14.7 Å². The highest BCUT2D eigenvalue weighted by Gasteiger charge is 2.33. The molecule has 0 aromatic heterocycles. The zero-order chi connectivity index (χ0) is 23.4. The number of hydrogen-bond acceptors (Lipinski definition) is 4. The molecule has 0 spiro atoms. The van der Waals surface area contributed by atoms with E-state index in [1.807, 2.05) is 25.1 Å². The first kappa shape index (κ1) is 28.9. The lowest BCUT2D eigenvalue weighted by Crippen LogP contribution is -2.45. The molecule has 1 fully saturated rings. The zero-order valence-electron chi connectivity index (χ0n) is 20.3. The van der Waals surface area contributed by atoms with Crippen molar-refractivity contribution < 1.29 is 14.7 Å². The van der Waals surface area contributed by atoms with E-state index in [1.165, 1.54) is 31.5 Å². The van der Waals surface area contributed by atoms with Crippen molar-refractivity contribution in [3.63, 3.8) is 0 Å². The topological polar surface area (TPSA) is 84.9 Å². The highest BCUT2D eigenvalue weighted by molar-refractivity contribution is 5.94. The number of fused-ring (bicyclic) bond motifs is 1. The van der Waals surface area contributed by atoms with Gasteiger partial charge in [0.1, 0.15) is 0 Å². The van der Waals surface area contributed by atoms with E-state index in [1.54, 1.807) is 11.8 Å². The molecule has 1 saturated heterocycles. The summed E-state index contributed by atoms with van der Waals surface area (Å²) >= 11 is 0. The van der Waals surface area contributed by atoms with Gasteiger partial charge in [-0.1, -0.05) is 30.3 Å². The molecule has 2 atom stereocenters. The third-order valence-electron chi connectivity index (χ3n) is 6.74. The standard InChI is InChI=1S/C26H34N4O3.2ClH/c1-18-15-24(28-26(32)33)23-16-22(9-10-25(23)30(18)19(2)31)21-7-5-20(6-8-21)17-27-11-14-29-12-3-4-13-29;;/h5-10,16,18,24,27-28H,3-4,11-15,17H2,1-2H3,(H,32,33);2*1H/t18-,24+;;/m0../s1. The lowest BCUT2D eigenvalue weighted by molar-refractivity contribution is -0.117. The Kier molecular flexibility index (Phi) is 10.8. The molecule has 2 aromatic carbocycles. The van der Waals surface area contributed by atoms with Crippen LogP contribution in [0.3, 0.4) is 0 Å². The van der Waals surface area contributed by atoms with Crippen LogP contribution in [0.25, 0.3) is 11.1 Å². The van der Waals surface area contributed by atoms with Crippen molar-refractivity contribution in [2.24, 2.45) is 0 Å². The lowest BCUT2D eigenvalue weighted by atomic mass is 9.89. The maximum Gasteiger partial charge on any atom is 0.405 e.